The van der Waals surface area contributed by atoms with Gasteiger partial charge in [0.2, 0.25) is 0 Å². The lowest BCUT2D eigenvalue weighted by molar-refractivity contribution is -0.0459. The highest BCUT2D eigenvalue weighted by molar-refractivity contribution is 5.45. The lowest BCUT2D eigenvalue weighted by atomic mass is 10.2. The van der Waals surface area contributed by atoms with Gasteiger partial charge in [0.15, 0.2) is 0 Å². The predicted octanol–water partition coefficient (Wildman–Crippen LogP) is -1.21. The Hall–Kier alpha value is -1.74. The Morgan fingerprint density at radius 3 is 2.71 bits per heavy atom. The van der Waals surface area contributed by atoms with E-state index in [0.29, 0.717) is 5.56 Å². The molecular weight excluding hydrogens is 278 g/mol. The quantitative estimate of drug-likeness (QED) is 0.554. The molecule has 8 heteroatoms. The molecule has 0 amide bonds. The van der Waals surface area contributed by atoms with Gasteiger partial charge in [0, 0.05) is 12.6 Å². The van der Waals surface area contributed by atoms with Gasteiger partial charge in [-0.25, -0.2) is 4.79 Å². The molecule has 1 fully saturated rings. The van der Waals surface area contributed by atoms with E-state index in [2.05, 4.69) is 10.7 Å². The molecule has 0 unspecified atom stereocenters. The summed E-state index contributed by atoms with van der Waals surface area (Å²) in [5, 5.41) is 18.7. The van der Waals surface area contributed by atoms with E-state index in [4.69, 9.17) is 9.84 Å². The van der Waals surface area contributed by atoms with E-state index in [1.165, 1.54) is 17.8 Å². The number of nitrogens with two attached hydrogens (primary N) is 1. The Kier molecular flexibility index (Phi) is 6.50. The molecule has 0 radical (unpaired) electrons. The van der Waals surface area contributed by atoms with E-state index in [0.717, 1.165) is 0 Å². The van der Waals surface area contributed by atoms with Crippen molar-refractivity contribution >= 4 is 6.08 Å². The molecule has 0 bridgehead atoms. The second-order valence-electron chi connectivity index (χ2n) is 4.37. The van der Waals surface area contributed by atoms with Crippen molar-refractivity contribution in [1.82, 2.24) is 9.55 Å². The van der Waals surface area contributed by atoms with Gasteiger partial charge in [0.05, 0.1) is 18.3 Å². The van der Waals surface area contributed by atoms with Crippen molar-refractivity contribution in [2.24, 2.45) is 5.73 Å². The van der Waals surface area contributed by atoms with Crippen LogP contribution in [0, 0.1) is 0 Å². The summed E-state index contributed by atoms with van der Waals surface area (Å²) in [6.07, 6.45) is 2.59. The van der Waals surface area contributed by atoms with E-state index in [1.807, 2.05) is 0 Å². The van der Waals surface area contributed by atoms with Crippen LogP contribution in [0.15, 0.2) is 21.9 Å². The van der Waals surface area contributed by atoms with Crippen molar-refractivity contribution in [2.45, 2.75) is 31.8 Å². The van der Waals surface area contributed by atoms with Gasteiger partial charge >= 0.3 is 5.69 Å². The van der Waals surface area contributed by atoms with Crippen molar-refractivity contribution < 1.29 is 14.9 Å². The normalized spacial score (nSPS) is 24.9. The van der Waals surface area contributed by atoms with Crippen LogP contribution < -0.4 is 17.0 Å². The molecule has 1 aromatic rings. The van der Waals surface area contributed by atoms with Crippen LogP contribution in [0.2, 0.25) is 0 Å². The summed E-state index contributed by atoms with van der Waals surface area (Å²) in [6, 6.07) is 0. The fourth-order valence-corrected chi connectivity index (χ4v) is 2.06. The molecule has 5 N–H and O–H groups in total. The van der Waals surface area contributed by atoms with E-state index < -0.39 is 29.7 Å². The smallest absolute Gasteiger partial charge is 0.330 e. The Balaban J connectivity index is 0.00000106. The molecule has 1 saturated heterocycles. The monoisotopic (exact) mass is 299 g/mol. The first-order valence-corrected chi connectivity index (χ1v) is 6.57. The summed E-state index contributed by atoms with van der Waals surface area (Å²) < 4.78 is 6.60. The summed E-state index contributed by atoms with van der Waals surface area (Å²) in [5.41, 5.74) is 3.75. The first-order valence-electron chi connectivity index (χ1n) is 6.57. The van der Waals surface area contributed by atoms with Gasteiger partial charge in [-0.1, -0.05) is 12.2 Å². The first kappa shape index (κ1) is 17.3. The van der Waals surface area contributed by atoms with Crippen molar-refractivity contribution in [1.29, 1.82) is 0 Å². The molecule has 0 aliphatic carbocycles. The molecular formula is C13H21N3O5. The number of aliphatic hydroxyl groups excluding tert-OH is 2. The zero-order chi connectivity index (χ0) is 16.0. The molecule has 0 saturated carbocycles. The molecule has 118 valence electrons. The van der Waals surface area contributed by atoms with Gasteiger partial charge in [-0.2, -0.15) is 0 Å². The largest absolute Gasteiger partial charge is 0.394 e. The van der Waals surface area contributed by atoms with Gasteiger partial charge in [0.1, 0.15) is 12.3 Å². The second-order valence-corrected chi connectivity index (χ2v) is 4.37. The molecule has 0 spiro atoms. The highest BCUT2D eigenvalue weighted by Crippen LogP contribution is 2.27. The summed E-state index contributed by atoms with van der Waals surface area (Å²) in [5.74, 6) is 0. The number of aliphatic hydroxyl groups is 2. The molecule has 1 aliphatic rings. The van der Waals surface area contributed by atoms with Gasteiger partial charge in [-0.3, -0.25) is 14.3 Å². The van der Waals surface area contributed by atoms with E-state index in [-0.39, 0.29) is 13.0 Å². The fraction of sp³-hybridized carbons (Fsp3) is 0.538. The average Bonchev–Trinajstić information content (AvgIpc) is 2.85. The zero-order valence-electron chi connectivity index (χ0n) is 12.0. The lowest BCUT2D eigenvalue weighted by Crippen LogP contribution is -2.33. The number of aromatic amines is 1. The van der Waals surface area contributed by atoms with Gasteiger partial charge in [0.25, 0.3) is 5.56 Å². The van der Waals surface area contributed by atoms with Gasteiger partial charge in [-0.15, -0.1) is 0 Å². The molecule has 1 aromatic heterocycles. The van der Waals surface area contributed by atoms with Crippen LogP contribution in [0.4, 0.5) is 0 Å². The summed E-state index contributed by atoms with van der Waals surface area (Å²) in [4.78, 5) is 25.5. The number of allylic oxidation sites excluding steroid dienone is 1. The minimum Gasteiger partial charge on any atom is -0.394 e. The minimum absolute atomic E-state index is 0.187. The third-order valence-corrected chi connectivity index (χ3v) is 3.04. The Morgan fingerprint density at radius 1 is 1.52 bits per heavy atom. The maximum Gasteiger partial charge on any atom is 0.330 e. The van der Waals surface area contributed by atoms with E-state index >= 15 is 0 Å². The molecule has 1 aliphatic heterocycles. The first-order chi connectivity index (χ1) is 10.1. The number of ether oxygens (including phenoxy) is 1. The third kappa shape index (κ3) is 3.88. The van der Waals surface area contributed by atoms with Crippen LogP contribution in [-0.4, -0.2) is 45.6 Å². The van der Waals surface area contributed by atoms with Gasteiger partial charge in [-0.05, 0) is 14.0 Å². The van der Waals surface area contributed by atoms with E-state index in [9.17, 15) is 14.7 Å². The maximum absolute atomic E-state index is 11.7. The number of aromatic nitrogens is 2. The van der Waals surface area contributed by atoms with Crippen molar-refractivity contribution in [3.05, 3.63) is 38.7 Å². The Bertz CT molecular complexity index is 592. The highest BCUT2D eigenvalue weighted by Gasteiger charge is 2.35. The molecule has 8 nitrogen and oxygen atoms in total. The zero-order valence-corrected chi connectivity index (χ0v) is 12.0. The minimum atomic E-state index is -0.834. The SMILES string of the molecule is C/C=C/c1cn([C@H]2C[C@H](O)[C@@H](CO)O2)c(=O)[nH]c1=O.CN. The summed E-state index contributed by atoms with van der Waals surface area (Å²) >= 11 is 0. The average molecular weight is 299 g/mol. The molecule has 3 atom stereocenters. The van der Waals surface area contributed by atoms with Crippen LogP contribution in [0.25, 0.3) is 6.08 Å². The third-order valence-electron chi connectivity index (χ3n) is 3.04. The van der Waals surface area contributed by atoms with Crippen LogP contribution in [0.3, 0.4) is 0 Å². The lowest BCUT2D eigenvalue weighted by Gasteiger charge is -2.14. The molecule has 2 rings (SSSR count). The van der Waals surface area contributed by atoms with Crippen molar-refractivity contribution in [2.75, 3.05) is 13.7 Å². The number of rotatable bonds is 3. The Morgan fingerprint density at radius 2 is 2.19 bits per heavy atom. The summed E-state index contributed by atoms with van der Waals surface area (Å²) in [7, 11) is 1.50. The van der Waals surface area contributed by atoms with Crippen LogP contribution in [0.5, 0.6) is 0 Å². The van der Waals surface area contributed by atoms with Crippen molar-refractivity contribution in [3.63, 3.8) is 0 Å². The van der Waals surface area contributed by atoms with Crippen LogP contribution in [0.1, 0.15) is 25.1 Å². The maximum atomic E-state index is 11.7. The fourth-order valence-electron chi connectivity index (χ4n) is 2.06. The number of hydrogen-bond acceptors (Lipinski definition) is 6. The van der Waals surface area contributed by atoms with Crippen molar-refractivity contribution in [3.8, 4) is 0 Å². The predicted molar refractivity (Wildman–Crippen MR) is 77.8 cm³/mol. The summed E-state index contributed by atoms with van der Waals surface area (Å²) in [6.45, 7) is 1.43. The van der Waals surface area contributed by atoms with Gasteiger partial charge < -0.3 is 20.7 Å². The topological polar surface area (TPSA) is 131 Å². The molecule has 0 aromatic carbocycles. The van der Waals surface area contributed by atoms with Crippen LogP contribution in [-0.2, 0) is 4.74 Å². The number of hydrogen-bond donors (Lipinski definition) is 4. The number of nitrogens with zero attached hydrogens (tertiary/aromatic N) is 1. The second kappa shape index (κ2) is 7.89. The standard InChI is InChI=1S/C12H16N2O5.CH5N/c1-2-3-7-5-14(12(18)13-11(7)17)10-4-8(16)9(6-15)19-10;1-2/h2-3,5,8-10,15-16H,4,6H2,1H3,(H,13,17,18);2H2,1H3/b3-2+;/t8-,9+,10+;/m0./s1. The highest BCUT2D eigenvalue weighted by atomic mass is 16.5. The van der Waals surface area contributed by atoms with E-state index in [1.54, 1.807) is 19.1 Å². The number of H-pyrrole nitrogens is 1. The molecule has 21 heavy (non-hydrogen) atoms. The molecule has 2 heterocycles. The number of nitrogens with one attached hydrogen (secondary N) is 1. The Labute approximate surface area is 121 Å². The van der Waals surface area contributed by atoms with Crippen LogP contribution >= 0.6 is 0 Å².